The van der Waals surface area contributed by atoms with Gasteiger partial charge in [0.15, 0.2) is 0 Å². The first-order valence-electron chi connectivity index (χ1n) is 5.53. The third-order valence-electron chi connectivity index (χ3n) is 3.01. The van der Waals surface area contributed by atoms with Gasteiger partial charge in [-0.1, -0.05) is 11.6 Å². The van der Waals surface area contributed by atoms with Gasteiger partial charge >= 0.3 is 6.18 Å². The highest BCUT2D eigenvalue weighted by Gasteiger charge is 2.33. The van der Waals surface area contributed by atoms with Crippen molar-refractivity contribution < 1.29 is 18.3 Å². The summed E-state index contributed by atoms with van der Waals surface area (Å²) in [6, 6.07) is 0.753. The molecule has 3 nitrogen and oxygen atoms in total. The average Bonchev–Trinajstić information content (AvgIpc) is 2.75. The van der Waals surface area contributed by atoms with Crippen LogP contribution in [0, 0.1) is 0 Å². The number of hydrogen-bond acceptors (Lipinski definition) is 3. The standard InChI is InChI=1S/C11H12ClF3N2O/c12-9-4-7(11(13,14)15)5-16-10(9)17-3-1-2-8(17)6-18/h4-5,8,18H,1-3,6H2/t8-/m1/s1. The molecule has 0 radical (unpaired) electrons. The Morgan fingerprint density at radius 2 is 2.22 bits per heavy atom. The van der Waals surface area contributed by atoms with Crippen molar-refractivity contribution in [1.82, 2.24) is 4.98 Å². The maximum absolute atomic E-state index is 12.5. The van der Waals surface area contributed by atoms with Crippen molar-refractivity contribution in [3.05, 3.63) is 22.8 Å². The molecule has 0 aliphatic carbocycles. The van der Waals surface area contributed by atoms with E-state index in [1.54, 1.807) is 4.90 Å². The third-order valence-corrected chi connectivity index (χ3v) is 3.29. The monoisotopic (exact) mass is 280 g/mol. The average molecular weight is 281 g/mol. The van der Waals surface area contributed by atoms with Gasteiger partial charge in [0.1, 0.15) is 5.82 Å². The van der Waals surface area contributed by atoms with Crippen LogP contribution in [0.3, 0.4) is 0 Å². The molecule has 2 rings (SSSR count). The minimum Gasteiger partial charge on any atom is -0.394 e. The van der Waals surface area contributed by atoms with Crippen LogP contribution >= 0.6 is 11.6 Å². The van der Waals surface area contributed by atoms with E-state index in [0.717, 1.165) is 25.1 Å². The number of anilines is 1. The topological polar surface area (TPSA) is 36.4 Å². The summed E-state index contributed by atoms with van der Waals surface area (Å²) in [5.41, 5.74) is -0.865. The maximum atomic E-state index is 12.5. The summed E-state index contributed by atoms with van der Waals surface area (Å²) in [5, 5.41) is 9.14. The van der Waals surface area contributed by atoms with Crippen molar-refractivity contribution in [2.24, 2.45) is 0 Å². The van der Waals surface area contributed by atoms with Crippen molar-refractivity contribution in [2.75, 3.05) is 18.1 Å². The summed E-state index contributed by atoms with van der Waals surface area (Å²) in [6.07, 6.45) is -2.02. The van der Waals surface area contributed by atoms with E-state index < -0.39 is 11.7 Å². The molecule has 1 aromatic rings. The second kappa shape index (κ2) is 4.93. The van der Waals surface area contributed by atoms with Gasteiger partial charge in [0, 0.05) is 12.7 Å². The summed E-state index contributed by atoms with van der Waals surface area (Å²) in [5.74, 6) is 0.307. The Hall–Kier alpha value is -1.01. The van der Waals surface area contributed by atoms with Crippen LogP contribution in [0.4, 0.5) is 19.0 Å². The van der Waals surface area contributed by atoms with Crippen molar-refractivity contribution in [3.8, 4) is 0 Å². The number of aliphatic hydroxyl groups is 1. The van der Waals surface area contributed by atoms with Gasteiger partial charge in [0.2, 0.25) is 0 Å². The zero-order chi connectivity index (χ0) is 13.3. The molecule has 2 heterocycles. The Morgan fingerprint density at radius 1 is 1.50 bits per heavy atom. The molecule has 1 atom stereocenters. The molecule has 1 aliphatic heterocycles. The highest BCUT2D eigenvalue weighted by molar-refractivity contribution is 6.33. The van der Waals surface area contributed by atoms with Crippen molar-refractivity contribution >= 4 is 17.4 Å². The van der Waals surface area contributed by atoms with E-state index in [1.807, 2.05) is 0 Å². The van der Waals surface area contributed by atoms with Gasteiger partial charge in [-0.3, -0.25) is 0 Å². The zero-order valence-corrected chi connectivity index (χ0v) is 10.2. The van der Waals surface area contributed by atoms with Crippen molar-refractivity contribution in [3.63, 3.8) is 0 Å². The lowest BCUT2D eigenvalue weighted by Gasteiger charge is -2.25. The molecule has 0 aromatic carbocycles. The molecule has 100 valence electrons. The Kier molecular flexibility index (Phi) is 3.68. The van der Waals surface area contributed by atoms with Gasteiger partial charge in [-0.25, -0.2) is 4.98 Å². The maximum Gasteiger partial charge on any atom is 0.417 e. The first-order valence-corrected chi connectivity index (χ1v) is 5.91. The highest BCUT2D eigenvalue weighted by Crippen LogP contribution is 2.35. The fourth-order valence-electron chi connectivity index (χ4n) is 2.10. The van der Waals surface area contributed by atoms with Crippen LogP contribution in [0.15, 0.2) is 12.3 Å². The van der Waals surface area contributed by atoms with Gasteiger partial charge in [-0.05, 0) is 18.9 Å². The first kappa shape index (κ1) is 13.4. The Balaban J connectivity index is 2.30. The number of aliphatic hydroxyl groups excluding tert-OH is 1. The molecule has 0 amide bonds. The van der Waals surface area contributed by atoms with Crippen LogP contribution in [0.1, 0.15) is 18.4 Å². The van der Waals surface area contributed by atoms with E-state index in [1.165, 1.54) is 0 Å². The molecule has 7 heteroatoms. The van der Waals surface area contributed by atoms with Gasteiger partial charge in [-0.2, -0.15) is 13.2 Å². The third kappa shape index (κ3) is 2.54. The number of halogens is 4. The second-order valence-electron chi connectivity index (χ2n) is 4.20. The molecule has 0 unspecified atom stereocenters. The number of pyridine rings is 1. The lowest BCUT2D eigenvalue weighted by molar-refractivity contribution is -0.137. The van der Waals surface area contributed by atoms with E-state index in [0.29, 0.717) is 12.4 Å². The van der Waals surface area contributed by atoms with Crippen LogP contribution < -0.4 is 4.90 Å². The minimum atomic E-state index is -4.45. The fraction of sp³-hybridized carbons (Fsp3) is 0.545. The van der Waals surface area contributed by atoms with Crippen LogP contribution in [0.25, 0.3) is 0 Å². The smallest absolute Gasteiger partial charge is 0.394 e. The summed E-state index contributed by atoms with van der Waals surface area (Å²) in [4.78, 5) is 5.54. The van der Waals surface area contributed by atoms with Gasteiger partial charge in [-0.15, -0.1) is 0 Å². The van der Waals surface area contributed by atoms with E-state index in [-0.39, 0.29) is 17.7 Å². The molecule has 18 heavy (non-hydrogen) atoms. The number of aromatic nitrogens is 1. The van der Waals surface area contributed by atoms with E-state index in [2.05, 4.69) is 4.98 Å². The van der Waals surface area contributed by atoms with Crippen LogP contribution in [-0.2, 0) is 6.18 Å². The molecule has 0 bridgehead atoms. The molecular weight excluding hydrogens is 269 g/mol. The molecule has 0 saturated carbocycles. The molecule has 1 aliphatic rings. The molecule has 1 saturated heterocycles. The number of nitrogens with zero attached hydrogens (tertiary/aromatic N) is 2. The largest absolute Gasteiger partial charge is 0.417 e. The van der Waals surface area contributed by atoms with Gasteiger partial charge in [0.25, 0.3) is 0 Å². The number of alkyl halides is 3. The Morgan fingerprint density at radius 3 is 2.78 bits per heavy atom. The lowest BCUT2D eigenvalue weighted by atomic mass is 10.2. The zero-order valence-electron chi connectivity index (χ0n) is 9.41. The molecule has 0 spiro atoms. The van der Waals surface area contributed by atoms with Gasteiger partial charge in [0.05, 0.1) is 23.2 Å². The lowest BCUT2D eigenvalue weighted by Crippen LogP contribution is -2.33. The SMILES string of the molecule is OC[C@H]1CCCN1c1ncc(C(F)(F)F)cc1Cl. The molecule has 1 aromatic heterocycles. The Labute approximate surface area is 107 Å². The summed E-state index contributed by atoms with van der Waals surface area (Å²) < 4.78 is 37.4. The Bertz CT molecular complexity index is 439. The predicted molar refractivity (Wildman–Crippen MR) is 61.7 cm³/mol. The molecule has 1 fully saturated rings. The molecular formula is C11H12ClF3N2O. The normalized spacial score (nSPS) is 20.5. The van der Waals surface area contributed by atoms with Crippen molar-refractivity contribution in [1.29, 1.82) is 0 Å². The summed E-state index contributed by atoms with van der Waals surface area (Å²) >= 11 is 5.85. The quantitative estimate of drug-likeness (QED) is 0.905. The van der Waals surface area contributed by atoms with Crippen LogP contribution in [0.5, 0.6) is 0 Å². The van der Waals surface area contributed by atoms with E-state index >= 15 is 0 Å². The van der Waals surface area contributed by atoms with Crippen LogP contribution in [-0.4, -0.2) is 29.3 Å². The number of rotatable bonds is 2. The summed E-state index contributed by atoms with van der Waals surface area (Å²) in [6.45, 7) is 0.586. The van der Waals surface area contributed by atoms with E-state index in [9.17, 15) is 18.3 Å². The number of hydrogen-bond donors (Lipinski definition) is 1. The van der Waals surface area contributed by atoms with Crippen molar-refractivity contribution in [2.45, 2.75) is 25.1 Å². The van der Waals surface area contributed by atoms with Gasteiger partial charge < -0.3 is 10.0 Å². The molecule has 1 N–H and O–H groups in total. The highest BCUT2D eigenvalue weighted by atomic mass is 35.5. The fourth-order valence-corrected chi connectivity index (χ4v) is 2.38. The van der Waals surface area contributed by atoms with Crippen LogP contribution in [0.2, 0.25) is 5.02 Å². The summed E-state index contributed by atoms with van der Waals surface area (Å²) in [7, 11) is 0. The first-order chi connectivity index (χ1) is 8.43. The van der Waals surface area contributed by atoms with E-state index in [4.69, 9.17) is 11.6 Å². The predicted octanol–water partition coefficient (Wildman–Crippen LogP) is 2.71. The minimum absolute atomic E-state index is 0.0369. The second-order valence-corrected chi connectivity index (χ2v) is 4.61.